The second-order valence-corrected chi connectivity index (χ2v) is 4.19. The van der Waals surface area contributed by atoms with Gasteiger partial charge in [-0.25, -0.2) is 4.39 Å². The highest BCUT2D eigenvalue weighted by molar-refractivity contribution is 6.30. The first-order valence-electron chi connectivity index (χ1n) is 4.62. The Morgan fingerprint density at radius 1 is 1.43 bits per heavy atom. The molecule has 0 aliphatic carbocycles. The van der Waals surface area contributed by atoms with E-state index in [0.29, 0.717) is 17.0 Å². The predicted molar refractivity (Wildman–Crippen MR) is 56.0 cm³/mol. The summed E-state index contributed by atoms with van der Waals surface area (Å²) in [6.45, 7) is 3.80. The lowest BCUT2D eigenvalue weighted by Crippen LogP contribution is -2.18. The van der Waals surface area contributed by atoms with Crippen molar-refractivity contribution in [2.75, 3.05) is 0 Å². The topological polar surface area (TPSA) is 20.2 Å². The van der Waals surface area contributed by atoms with Gasteiger partial charge in [-0.1, -0.05) is 31.5 Å². The fourth-order valence-electron chi connectivity index (χ4n) is 1.15. The van der Waals surface area contributed by atoms with E-state index in [1.807, 2.05) is 13.8 Å². The Kier molecular flexibility index (Phi) is 3.90. The summed E-state index contributed by atoms with van der Waals surface area (Å²) in [5, 5.41) is 9.95. The minimum absolute atomic E-state index is 0.130. The number of aliphatic hydroxyl groups excluding tert-OH is 1. The first-order valence-corrected chi connectivity index (χ1v) is 5.00. The molecule has 3 heteroatoms. The molecule has 0 fully saturated rings. The Morgan fingerprint density at radius 3 is 2.57 bits per heavy atom. The van der Waals surface area contributed by atoms with Crippen LogP contribution in [0.5, 0.6) is 0 Å². The second-order valence-electron chi connectivity index (χ2n) is 3.75. The van der Waals surface area contributed by atoms with Crippen molar-refractivity contribution in [3.05, 3.63) is 34.6 Å². The van der Waals surface area contributed by atoms with Crippen molar-refractivity contribution < 1.29 is 9.50 Å². The van der Waals surface area contributed by atoms with Crippen LogP contribution in [0.25, 0.3) is 0 Å². The normalized spacial score (nSPS) is 13.3. The molecule has 78 valence electrons. The lowest BCUT2D eigenvalue weighted by atomic mass is 9.99. The molecule has 14 heavy (non-hydrogen) atoms. The summed E-state index contributed by atoms with van der Waals surface area (Å²) in [6.07, 6.45) is -0.175. The van der Waals surface area contributed by atoms with E-state index in [-0.39, 0.29) is 11.7 Å². The summed E-state index contributed by atoms with van der Waals surface area (Å²) in [5.74, 6) is -0.220. The molecule has 1 atom stereocenters. The Bertz CT molecular complexity index is 312. The zero-order chi connectivity index (χ0) is 10.7. The van der Waals surface area contributed by atoms with Crippen LogP contribution in [-0.2, 0) is 6.42 Å². The van der Waals surface area contributed by atoms with E-state index in [9.17, 15) is 9.50 Å². The second kappa shape index (κ2) is 4.76. The van der Waals surface area contributed by atoms with E-state index in [1.54, 1.807) is 12.1 Å². The molecule has 0 aromatic heterocycles. The van der Waals surface area contributed by atoms with E-state index in [2.05, 4.69) is 0 Å². The summed E-state index contributed by atoms with van der Waals surface area (Å²) in [6, 6.07) is 4.51. The molecule has 1 aromatic rings. The lowest BCUT2D eigenvalue weighted by molar-refractivity contribution is 0.124. The Hall–Kier alpha value is -0.600. The van der Waals surface area contributed by atoms with Gasteiger partial charge >= 0.3 is 0 Å². The van der Waals surface area contributed by atoms with E-state index in [0.717, 1.165) is 0 Å². The summed E-state index contributed by atoms with van der Waals surface area (Å²) >= 11 is 5.61. The van der Waals surface area contributed by atoms with Crippen LogP contribution in [0.1, 0.15) is 19.4 Å². The van der Waals surface area contributed by atoms with Gasteiger partial charge in [0.1, 0.15) is 5.82 Å². The minimum atomic E-state index is -0.509. The average molecular weight is 217 g/mol. The lowest BCUT2D eigenvalue weighted by Gasteiger charge is -2.14. The first kappa shape index (κ1) is 11.5. The summed E-state index contributed by atoms with van der Waals surface area (Å²) in [7, 11) is 0. The molecule has 0 spiro atoms. The zero-order valence-corrected chi connectivity index (χ0v) is 9.05. The van der Waals surface area contributed by atoms with Gasteiger partial charge in [0.25, 0.3) is 0 Å². The molecule has 0 radical (unpaired) electrons. The molecule has 1 rings (SSSR count). The van der Waals surface area contributed by atoms with Crippen LogP contribution in [-0.4, -0.2) is 11.2 Å². The van der Waals surface area contributed by atoms with E-state index in [4.69, 9.17) is 11.6 Å². The molecule has 0 bridgehead atoms. The Labute approximate surface area is 88.5 Å². The molecular formula is C11H14ClFO. The quantitative estimate of drug-likeness (QED) is 0.824. The van der Waals surface area contributed by atoms with Gasteiger partial charge in [0, 0.05) is 11.4 Å². The fourth-order valence-corrected chi connectivity index (χ4v) is 1.31. The summed E-state index contributed by atoms with van der Waals surface area (Å²) in [5.41, 5.74) is 0.510. The maximum Gasteiger partial charge on any atom is 0.127 e. The van der Waals surface area contributed by atoms with Crippen LogP contribution < -0.4 is 0 Å². The van der Waals surface area contributed by atoms with Crippen LogP contribution in [0.15, 0.2) is 18.2 Å². The van der Waals surface area contributed by atoms with Gasteiger partial charge in [0.15, 0.2) is 0 Å². The zero-order valence-electron chi connectivity index (χ0n) is 8.30. The van der Waals surface area contributed by atoms with Gasteiger partial charge in [-0.05, 0) is 23.6 Å². The van der Waals surface area contributed by atoms with Gasteiger partial charge in [-0.3, -0.25) is 0 Å². The van der Waals surface area contributed by atoms with Gasteiger partial charge < -0.3 is 5.11 Å². The smallest absolute Gasteiger partial charge is 0.127 e. The number of hydrogen-bond donors (Lipinski definition) is 1. The number of benzene rings is 1. The van der Waals surface area contributed by atoms with Crippen molar-refractivity contribution in [2.45, 2.75) is 26.4 Å². The first-order chi connectivity index (χ1) is 6.50. The molecule has 0 heterocycles. The van der Waals surface area contributed by atoms with Crippen LogP contribution in [0.4, 0.5) is 4.39 Å². The van der Waals surface area contributed by atoms with Gasteiger partial charge in [-0.15, -0.1) is 0 Å². The molecule has 1 aromatic carbocycles. The highest BCUT2D eigenvalue weighted by atomic mass is 35.5. The molecule has 0 saturated heterocycles. The van der Waals surface area contributed by atoms with Crippen molar-refractivity contribution >= 4 is 11.6 Å². The fraction of sp³-hybridized carbons (Fsp3) is 0.455. The van der Waals surface area contributed by atoms with Crippen molar-refractivity contribution in [3.63, 3.8) is 0 Å². The van der Waals surface area contributed by atoms with Crippen LogP contribution in [0.2, 0.25) is 5.02 Å². The van der Waals surface area contributed by atoms with Crippen LogP contribution in [0.3, 0.4) is 0 Å². The van der Waals surface area contributed by atoms with Crippen molar-refractivity contribution in [1.29, 1.82) is 0 Å². The molecular weight excluding hydrogens is 203 g/mol. The highest BCUT2D eigenvalue weighted by Gasteiger charge is 2.12. The number of halogens is 2. The number of aliphatic hydroxyl groups is 1. The van der Waals surface area contributed by atoms with Gasteiger partial charge in [0.05, 0.1) is 6.10 Å². The van der Waals surface area contributed by atoms with Crippen LogP contribution in [0, 0.1) is 11.7 Å². The van der Waals surface area contributed by atoms with E-state index >= 15 is 0 Å². The molecule has 1 N–H and O–H groups in total. The Morgan fingerprint density at radius 2 is 2.07 bits per heavy atom. The monoisotopic (exact) mass is 216 g/mol. The molecule has 0 saturated carbocycles. The minimum Gasteiger partial charge on any atom is -0.393 e. The van der Waals surface area contributed by atoms with E-state index in [1.165, 1.54) is 6.07 Å². The maximum atomic E-state index is 13.3. The third-order valence-corrected chi connectivity index (χ3v) is 2.45. The Balaban J connectivity index is 2.77. The summed E-state index contributed by atoms with van der Waals surface area (Å²) in [4.78, 5) is 0. The SMILES string of the molecule is CC(C)C(O)Cc1ccc(Cl)cc1F. The molecule has 1 nitrogen and oxygen atoms in total. The van der Waals surface area contributed by atoms with Gasteiger partial charge in [0.2, 0.25) is 0 Å². The highest BCUT2D eigenvalue weighted by Crippen LogP contribution is 2.17. The standard InChI is InChI=1S/C11H14ClFO/c1-7(2)11(14)5-8-3-4-9(12)6-10(8)13/h3-4,6-7,11,14H,5H2,1-2H3. The molecule has 0 aliphatic heterocycles. The molecule has 1 unspecified atom stereocenters. The molecule has 0 aliphatic rings. The third kappa shape index (κ3) is 2.96. The number of rotatable bonds is 3. The molecule has 0 amide bonds. The van der Waals surface area contributed by atoms with Crippen molar-refractivity contribution in [3.8, 4) is 0 Å². The van der Waals surface area contributed by atoms with Crippen LogP contribution >= 0.6 is 11.6 Å². The maximum absolute atomic E-state index is 13.3. The van der Waals surface area contributed by atoms with Crippen molar-refractivity contribution in [2.24, 2.45) is 5.92 Å². The van der Waals surface area contributed by atoms with Gasteiger partial charge in [-0.2, -0.15) is 0 Å². The summed E-state index contributed by atoms with van der Waals surface area (Å²) < 4.78 is 13.3. The average Bonchev–Trinajstić information content (AvgIpc) is 2.09. The third-order valence-electron chi connectivity index (χ3n) is 2.21. The predicted octanol–water partition coefficient (Wildman–Crippen LogP) is 3.04. The number of hydrogen-bond acceptors (Lipinski definition) is 1. The largest absolute Gasteiger partial charge is 0.393 e. The van der Waals surface area contributed by atoms with E-state index < -0.39 is 6.10 Å². The van der Waals surface area contributed by atoms with Crippen molar-refractivity contribution in [1.82, 2.24) is 0 Å².